The van der Waals surface area contributed by atoms with Crippen molar-refractivity contribution in [2.45, 2.75) is 38.2 Å². The van der Waals surface area contributed by atoms with E-state index in [0.717, 1.165) is 38.9 Å². The Morgan fingerprint density at radius 1 is 0.933 bits per heavy atom. The molecule has 0 saturated heterocycles. The Hall–Kier alpha value is -3.17. The number of para-hydroxylation sites is 1. The molecule has 0 bridgehead atoms. The molecule has 3 nitrogen and oxygen atoms in total. The number of hydrogen-bond donors (Lipinski definition) is 1. The van der Waals surface area contributed by atoms with E-state index in [1.807, 2.05) is 73.0 Å². The molecule has 2 atom stereocenters. The number of aliphatic hydroxyl groups is 1. The summed E-state index contributed by atoms with van der Waals surface area (Å²) in [6.45, 7) is 3.93. The Balaban J connectivity index is 1.90. The van der Waals surface area contributed by atoms with Crippen molar-refractivity contribution >= 4 is 16.8 Å². The van der Waals surface area contributed by atoms with E-state index < -0.39 is 11.5 Å². The highest BCUT2D eigenvalue weighted by molar-refractivity contribution is 6.14. The molecule has 0 amide bonds. The maximum atomic E-state index is 14.1. The highest BCUT2D eigenvalue weighted by Crippen LogP contribution is 2.49. The van der Waals surface area contributed by atoms with Crippen molar-refractivity contribution in [1.82, 2.24) is 4.57 Å². The van der Waals surface area contributed by atoms with Gasteiger partial charge in [-0.1, -0.05) is 79.7 Å². The minimum Gasteiger partial charge on any atom is -0.393 e. The summed E-state index contributed by atoms with van der Waals surface area (Å²) in [5.41, 5.74) is 5.34. The molecular weight excluding hydrogens is 370 g/mol. The molecule has 1 aromatic heterocycles. The first-order chi connectivity index (χ1) is 14.6. The van der Waals surface area contributed by atoms with Crippen LogP contribution in [0, 0.1) is 0 Å². The summed E-state index contributed by atoms with van der Waals surface area (Å²) in [6.07, 6.45) is 0.509. The molecule has 0 unspecified atom stereocenters. The number of benzene rings is 3. The fourth-order valence-electron chi connectivity index (χ4n) is 4.95. The zero-order valence-corrected chi connectivity index (χ0v) is 17.3. The van der Waals surface area contributed by atoms with E-state index in [-0.39, 0.29) is 5.91 Å². The van der Waals surface area contributed by atoms with Gasteiger partial charge in [-0.05, 0) is 37.0 Å². The SMILES string of the molecule is CC[C@H](O)C[C@@]1(C)C(=O)n2c(c(-c3ccccc3)c3ccccc32)-c2ccccc21. The van der Waals surface area contributed by atoms with Crippen LogP contribution in [-0.4, -0.2) is 21.7 Å². The summed E-state index contributed by atoms with van der Waals surface area (Å²) in [5, 5.41) is 11.6. The molecule has 3 aromatic carbocycles. The van der Waals surface area contributed by atoms with Gasteiger partial charge in [0.05, 0.1) is 22.7 Å². The quantitative estimate of drug-likeness (QED) is 0.457. The standard InChI is InChI=1S/C27H25NO2/c1-3-19(29)17-27(2)22-15-9-7-13-20(22)25-24(18-11-5-4-6-12-18)21-14-8-10-16-23(21)28(25)26(27)30/h4-16,19,29H,3,17H2,1-2H3/t19-,27+/m0/s1. The molecule has 1 N–H and O–H groups in total. The number of carbonyl (C=O) groups excluding carboxylic acids is 1. The van der Waals surface area contributed by atoms with Gasteiger partial charge in [0, 0.05) is 16.5 Å². The van der Waals surface area contributed by atoms with Crippen LogP contribution in [0.4, 0.5) is 0 Å². The van der Waals surface area contributed by atoms with Gasteiger partial charge in [0.25, 0.3) is 0 Å². The van der Waals surface area contributed by atoms with Crippen molar-refractivity contribution < 1.29 is 9.90 Å². The van der Waals surface area contributed by atoms with Gasteiger partial charge in [-0.3, -0.25) is 9.36 Å². The van der Waals surface area contributed by atoms with Gasteiger partial charge in [0.1, 0.15) is 0 Å². The van der Waals surface area contributed by atoms with E-state index in [0.29, 0.717) is 12.8 Å². The van der Waals surface area contributed by atoms with Crippen LogP contribution >= 0.6 is 0 Å². The first kappa shape index (κ1) is 18.8. The van der Waals surface area contributed by atoms with Crippen LogP contribution < -0.4 is 0 Å². The van der Waals surface area contributed by atoms with Crippen molar-refractivity contribution in [2.24, 2.45) is 0 Å². The first-order valence-corrected chi connectivity index (χ1v) is 10.6. The molecule has 0 spiro atoms. The molecule has 30 heavy (non-hydrogen) atoms. The Kier molecular flexibility index (Phi) is 4.37. The fourth-order valence-corrected chi connectivity index (χ4v) is 4.95. The molecule has 1 aliphatic rings. The number of carbonyl (C=O) groups is 1. The summed E-state index contributed by atoms with van der Waals surface area (Å²) in [4.78, 5) is 14.1. The second kappa shape index (κ2) is 6.96. The number of aliphatic hydroxyl groups excluding tert-OH is 1. The fraction of sp³-hybridized carbons (Fsp3) is 0.222. The van der Waals surface area contributed by atoms with Crippen molar-refractivity contribution in [3.8, 4) is 22.4 Å². The van der Waals surface area contributed by atoms with E-state index in [1.165, 1.54) is 0 Å². The van der Waals surface area contributed by atoms with E-state index in [1.54, 1.807) is 0 Å². The predicted octanol–water partition coefficient (Wildman–Crippen LogP) is 6.05. The van der Waals surface area contributed by atoms with Gasteiger partial charge in [0.2, 0.25) is 5.91 Å². The molecule has 4 aromatic rings. The average Bonchev–Trinajstić information content (AvgIpc) is 3.13. The number of fused-ring (bicyclic) bond motifs is 5. The Morgan fingerprint density at radius 3 is 2.37 bits per heavy atom. The Bertz CT molecular complexity index is 1250. The van der Waals surface area contributed by atoms with Gasteiger partial charge in [-0.2, -0.15) is 0 Å². The maximum Gasteiger partial charge on any atom is 0.242 e. The van der Waals surface area contributed by atoms with Crippen molar-refractivity contribution in [3.05, 3.63) is 84.4 Å². The number of aromatic nitrogens is 1. The molecule has 5 rings (SSSR count). The summed E-state index contributed by atoms with van der Waals surface area (Å²) < 4.78 is 1.89. The second-order valence-corrected chi connectivity index (χ2v) is 8.39. The van der Waals surface area contributed by atoms with Crippen LogP contribution in [0.2, 0.25) is 0 Å². The normalized spacial score (nSPS) is 18.8. The molecule has 0 fully saturated rings. The maximum absolute atomic E-state index is 14.1. The topological polar surface area (TPSA) is 42.2 Å². The lowest BCUT2D eigenvalue weighted by atomic mass is 9.71. The van der Waals surface area contributed by atoms with Crippen LogP contribution in [0.5, 0.6) is 0 Å². The van der Waals surface area contributed by atoms with Gasteiger partial charge >= 0.3 is 0 Å². The number of nitrogens with zero attached hydrogens (tertiary/aromatic N) is 1. The lowest BCUT2D eigenvalue weighted by Gasteiger charge is -2.37. The predicted molar refractivity (Wildman–Crippen MR) is 122 cm³/mol. The summed E-state index contributed by atoms with van der Waals surface area (Å²) in [7, 11) is 0. The van der Waals surface area contributed by atoms with E-state index in [9.17, 15) is 9.90 Å². The number of rotatable bonds is 4. The smallest absolute Gasteiger partial charge is 0.242 e. The first-order valence-electron chi connectivity index (χ1n) is 10.6. The van der Waals surface area contributed by atoms with Crippen LogP contribution in [0.25, 0.3) is 33.3 Å². The van der Waals surface area contributed by atoms with Crippen molar-refractivity contribution in [3.63, 3.8) is 0 Å². The van der Waals surface area contributed by atoms with Crippen LogP contribution in [-0.2, 0) is 5.41 Å². The minimum absolute atomic E-state index is 0.0297. The lowest BCUT2D eigenvalue weighted by Crippen LogP contribution is -2.43. The summed E-state index contributed by atoms with van der Waals surface area (Å²) >= 11 is 0. The highest BCUT2D eigenvalue weighted by Gasteiger charge is 2.45. The third-order valence-electron chi connectivity index (χ3n) is 6.50. The molecule has 0 radical (unpaired) electrons. The van der Waals surface area contributed by atoms with Crippen LogP contribution in [0.1, 0.15) is 37.0 Å². The zero-order chi connectivity index (χ0) is 20.9. The highest BCUT2D eigenvalue weighted by atomic mass is 16.3. The van der Waals surface area contributed by atoms with Crippen molar-refractivity contribution in [1.29, 1.82) is 0 Å². The molecule has 2 heterocycles. The molecule has 150 valence electrons. The molecule has 0 aliphatic carbocycles. The van der Waals surface area contributed by atoms with Crippen LogP contribution in [0.15, 0.2) is 78.9 Å². The Morgan fingerprint density at radius 2 is 1.60 bits per heavy atom. The van der Waals surface area contributed by atoms with Gasteiger partial charge in [0.15, 0.2) is 0 Å². The molecule has 3 heteroatoms. The monoisotopic (exact) mass is 395 g/mol. The summed E-state index contributed by atoms with van der Waals surface area (Å²) in [5.74, 6) is 0.0297. The van der Waals surface area contributed by atoms with Crippen LogP contribution in [0.3, 0.4) is 0 Å². The third kappa shape index (κ3) is 2.59. The van der Waals surface area contributed by atoms with E-state index >= 15 is 0 Å². The number of hydrogen-bond acceptors (Lipinski definition) is 2. The molecule has 0 saturated carbocycles. The lowest BCUT2D eigenvalue weighted by molar-refractivity contribution is 0.0703. The van der Waals surface area contributed by atoms with E-state index in [2.05, 4.69) is 24.3 Å². The average molecular weight is 396 g/mol. The van der Waals surface area contributed by atoms with E-state index in [4.69, 9.17) is 0 Å². The largest absolute Gasteiger partial charge is 0.393 e. The minimum atomic E-state index is -0.783. The van der Waals surface area contributed by atoms with Crippen molar-refractivity contribution in [2.75, 3.05) is 0 Å². The van der Waals surface area contributed by atoms with Gasteiger partial charge in [-0.25, -0.2) is 0 Å². The third-order valence-corrected chi connectivity index (χ3v) is 6.50. The zero-order valence-electron chi connectivity index (χ0n) is 17.3. The molecule has 1 aliphatic heterocycles. The summed E-state index contributed by atoms with van der Waals surface area (Å²) in [6, 6.07) is 26.6. The van der Waals surface area contributed by atoms with Gasteiger partial charge < -0.3 is 5.11 Å². The Labute approximate surface area is 176 Å². The second-order valence-electron chi connectivity index (χ2n) is 8.39. The molecular formula is C27H25NO2. The van der Waals surface area contributed by atoms with Gasteiger partial charge in [-0.15, -0.1) is 0 Å².